The number of nitrogens with one attached hydrogen (secondary N) is 1. The minimum Gasteiger partial charge on any atom is -0.484 e. The molecule has 0 saturated heterocycles. The molecule has 1 N–H and O–H groups in total. The van der Waals surface area contributed by atoms with E-state index in [2.05, 4.69) is 42.3 Å². The molecule has 0 bridgehead atoms. The minimum atomic E-state index is -0.166. The van der Waals surface area contributed by atoms with Gasteiger partial charge in [-0.15, -0.1) is 0 Å². The number of nitrogens with zero attached hydrogens (tertiary/aromatic N) is 1. The summed E-state index contributed by atoms with van der Waals surface area (Å²) in [5.74, 6) is 0.407. The SMILES string of the molecule is CCN(CCNC(=O)COc1ccc(C(C)=O)cc1)c1cccc(C)c1. The van der Waals surface area contributed by atoms with Crippen LogP contribution in [0, 0.1) is 6.92 Å². The van der Waals surface area contributed by atoms with Crippen LogP contribution >= 0.6 is 0 Å². The normalized spacial score (nSPS) is 10.3. The number of benzene rings is 2. The lowest BCUT2D eigenvalue weighted by Gasteiger charge is -2.23. The third-order valence-electron chi connectivity index (χ3n) is 4.08. The number of carbonyl (C=O) groups is 2. The van der Waals surface area contributed by atoms with E-state index in [1.807, 2.05) is 6.07 Å². The van der Waals surface area contributed by atoms with Crippen molar-refractivity contribution in [1.82, 2.24) is 5.32 Å². The number of Topliss-reactive ketones (excluding diaryl/α,β-unsaturated/α-hetero) is 1. The molecule has 26 heavy (non-hydrogen) atoms. The third kappa shape index (κ3) is 5.92. The van der Waals surface area contributed by atoms with Gasteiger partial charge in [0.2, 0.25) is 0 Å². The van der Waals surface area contributed by atoms with E-state index in [-0.39, 0.29) is 18.3 Å². The number of hydrogen-bond acceptors (Lipinski definition) is 4. The van der Waals surface area contributed by atoms with Gasteiger partial charge < -0.3 is 15.0 Å². The predicted octanol–water partition coefficient (Wildman–Crippen LogP) is 3.22. The molecule has 0 aliphatic rings. The van der Waals surface area contributed by atoms with E-state index in [1.165, 1.54) is 12.5 Å². The molecule has 0 aliphatic carbocycles. The molecule has 0 aliphatic heterocycles. The molecule has 138 valence electrons. The number of rotatable bonds is 9. The average Bonchev–Trinajstić information content (AvgIpc) is 2.64. The zero-order valence-corrected chi connectivity index (χ0v) is 15.6. The summed E-state index contributed by atoms with van der Waals surface area (Å²) >= 11 is 0. The van der Waals surface area contributed by atoms with Gasteiger partial charge in [-0.25, -0.2) is 0 Å². The van der Waals surface area contributed by atoms with Gasteiger partial charge in [0.15, 0.2) is 12.4 Å². The number of hydrogen-bond donors (Lipinski definition) is 1. The maximum absolute atomic E-state index is 11.9. The van der Waals surface area contributed by atoms with Crippen molar-refractivity contribution in [3.63, 3.8) is 0 Å². The molecule has 0 atom stereocenters. The third-order valence-corrected chi connectivity index (χ3v) is 4.08. The molecule has 2 rings (SSSR count). The van der Waals surface area contributed by atoms with E-state index in [9.17, 15) is 9.59 Å². The van der Waals surface area contributed by atoms with E-state index in [1.54, 1.807) is 24.3 Å². The fourth-order valence-corrected chi connectivity index (χ4v) is 2.61. The maximum atomic E-state index is 11.9. The van der Waals surface area contributed by atoms with Gasteiger partial charge in [-0.05, 0) is 62.7 Å². The van der Waals surface area contributed by atoms with E-state index >= 15 is 0 Å². The van der Waals surface area contributed by atoms with Gasteiger partial charge in [-0.1, -0.05) is 12.1 Å². The standard InChI is InChI=1S/C21H26N2O3/c1-4-23(19-7-5-6-16(2)14-19)13-12-22-21(25)15-26-20-10-8-18(9-11-20)17(3)24/h5-11,14H,4,12-13,15H2,1-3H3,(H,22,25). The van der Waals surface area contributed by atoms with Crippen LogP contribution < -0.4 is 15.0 Å². The van der Waals surface area contributed by atoms with Crippen LogP contribution in [0.15, 0.2) is 48.5 Å². The molecule has 5 heteroatoms. The summed E-state index contributed by atoms with van der Waals surface area (Å²) in [6, 6.07) is 15.1. The molecule has 1 amide bonds. The van der Waals surface area contributed by atoms with E-state index in [0.29, 0.717) is 17.9 Å². The summed E-state index contributed by atoms with van der Waals surface area (Å²) in [5, 5.41) is 2.87. The fraction of sp³-hybridized carbons (Fsp3) is 0.333. The summed E-state index contributed by atoms with van der Waals surface area (Å²) in [7, 11) is 0. The number of ketones is 1. The lowest BCUT2D eigenvalue weighted by Crippen LogP contribution is -2.37. The molecular weight excluding hydrogens is 328 g/mol. The van der Waals surface area contributed by atoms with Crippen LogP contribution in [0.4, 0.5) is 5.69 Å². The van der Waals surface area contributed by atoms with Crippen LogP contribution in [-0.2, 0) is 4.79 Å². The van der Waals surface area contributed by atoms with Crippen molar-refractivity contribution < 1.29 is 14.3 Å². The van der Waals surface area contributed by atoms with Gasteiger partial charge in [-0.3, -0.25) is 9.59 Å². The fourth-order valence-electron chi connectivity index (χ4n) is 2.61. The Morgan fingerprint density at radius 1 is 1.12 bits per heavy atom. The van der Waals surface area contributed by atoms with Gasteiger partial charge in [0.05, 0.1) is 0 Å². The van der Waals surface area contributed by atoms with Crippen LogP contribution in [0.5, 0.6) is 5.75 Å². The zero-order valence-electron chi connectivity index (χ0n) is 15.6. The van der Waals surface area contributed by atoms with Gasteiger partial charge in [0.1, 0.15) is 5.75 Å². The van der Waals surface area contributed by atoms with Crippen molar-refractivity contribution in [3.05, 3.63) is 59.7 Å². The van der Waals surface area contributed by atoms with E-state index in [0.717, 1.165) is 18.8 Å². The molecule has 0 unspecified atom stereocenters. The monoisotopic (exact) mass is 354 g/mol. The number of anilines is 1. The summed E-state index contributed by atoms with van der Waals surface area (Å²) in [6.07, 6.45) is 0. The second kappa shape index (κ2) is 9.61. The Balaban J connectivity index is 1.75. The van der Waals surface area contributed by atoms with Crippen molar-refractivity contribution >= 4 is 17.4 Å². The highest BCUT2D eigenvalue weighted by atomic mass is 16.5. The Morgan fingerprint density at radius 2 is 1.85 bits per heavy atom. The first-order chi connectivity index (χ1) is 12.5. The lowest BCUT2D eigenvalue weighted by atomic mass is 10.1. The average molecular weight is 354 g/mol. The Labute approximate surface area is 155 Å². The van der Waals surface area contributed by atoms with Crippen LogP contribution in [0.3, 0.4) is 0 Å². The van der Waals surface area contributed by atoms with Crippen LogP contribution in [0.1, 0.15) is 29.8 Å². The first kappa shape index (κ1) is 19.5. The molecule has 0 radical (unpaired) electrons. The second-order valence-electron chi connectivity index (χ2n) is 6.14. The Kier molecular flexibility index (Phi) is 7.21. The quantitative estimate of drug-likeness (QED) is 0.703. The molecule has 0 heterocycles. The number of likely N-dealkylation sites (N-methyl/N-ethyl adjacent to an activating group) is 1. The van der Waals surface area contributed by atoms with Crippen LogP contribution in [-0.4, -0.2) is 37.9 Å². The summed E-state index contributed by atoms with van der Waals surface area (Å²) in [4.78, 5) is 25.4. The molecule has 5 nitrogen and oxygen atoms in total. The first-order valence-corrected chi connectivity index (χ1v) is 8.81. The van der Waals surface area contributed by atoms with Gasteiger partial charge in [-0.2, -0.15) is 0 Å². The predicted molar refractivity (Wildman–Crippen MR) is 104 cm³/mol. The number of amides is 1. The Hall–Kier alpha value is -2.82. The summed E-state index contributed by atoms with van der Waals surface area (Å²) in [6.45, 7) is 7.79. The topological polar surface area (TPSA) is 58.6 Å². The molecule has 2 aromatic carbocycles. The van der Waals surface area contributed by atoms with Gasteiger partial charge in [0.25, 0.3) is 5.91 Å². The second-order valence-corrected chi connectivity index (χ2v) is 6.14. The highest BCUT2D eigenvalue weighted by Crippen LogP contribution is 2.15. The summed E-state index contributed by atoms with van der Waals surface area (Å²) < 4.78 is 5.45. The molecule has 2 aromatic rings. The number of ether oxygens (including phenoxy) is 1. The first-order valence-electron chi connectivity index (χ1n) is 8.81. The van der Waals surface area contributed by atoms with Crippen LogP contribution in [0.25, 0.3) is 0 Å². The molecule has 0 aromatic heterocycles. The molecule has 0 saturated carbocycles. The van der Waals surface area contributed by atoms with Crippen molar-refractivity contribution in [2.75, 3.05) is 31.1 Å². The van der Waals surface area contributed by atoms with Crippen molar-refractivity contribution in [2.24, 2.45) is 0 Å². The smallest absolute Gasteiger partial charge is 0.258 e. The highest BCUT2D eigenvalue weighted by Gasteiger charge is 2.07. The number of carbonyl (C=O) groups excluding carboxylic acids is 2. The number of aryl methyl sites for hydroxylation is 1. The Bertz CT molecular complexity index is 741. The van der Waals surface area contributed by atoms with Crippen molar-refractivity contribution in [3.8, 4) is 5.75 Å². The van der Waals surface area contributed by atoms with Gasteiger partial charge >= 0.3 is 0 Å². The van der Waals surface area contributed by atoms with Crippen molar-refractivity contribution in [2.45, 2.75) is 20.8 Å². The zero-order chi connectivity index (χ0) is 18.9. The van der Waals surface area contributed by atoms with Crippen molar-refractivity contribution in [1.29, 1.82) is 0 Å². The molecule has 0 fully saturated rings. The molecule has 0 spiro atoms. The highest BCUT2D eigenvalue weighted by molar-refractivity contribution is 5.94. The van der Waals surface area contributed by atoms with E-state index in [4.69, 9.17) is 4.74 Å². The Morgan fingerprint density at radius 3 is 2.46 bits per heavy atom. The summed E-state index contributed by atoms with van der Waals surface area (Å²) in [5.41, 5.74) is 3.00. The maximum Gasteiger partial charge on any atom is 0.258 e. The van der Waals surface area contributed by atoms with Crippen LogP contribution in [0.2, 0.25) is 0 Å². The van der Waals surface area contributed by atoms with E-state index < -0.39 is 0 Å². The minimum absolute atomic E-state index is 0.00313. The lowest BCUT2D eigenvalue weighted by molar-refractivity contribution is -0.123. The van der Waals surface area contributed by atoms with Gasteiger partial charge in [0, 0.05) is 30.9 Å². The molecular formula is C21H26N2O3. The largest absolute Gasteiger partial charge is 0.484 e.